The summed E-state index contributed by atoms with van der Waals surface area (Å²) in [5.74, 6) is 0.467. The molecule has 1 aliphatic rings. The van der Waals surface area contributed by atoms with E-state index in [0.29, 0.717) is 22.6 Å². The van der Waals surface area contributed by atoms with Crippen molar-refractivity contribution in [3.8, 4) is 0 Å². The quantitative estimate of drug-likeness (QED) is 0.281. The predicted molar refractivity (Wildman–Crippen MR) is 131 cm³/mol. The number of fused-ring (bicyclic) bond motifs is 1. The fourth-order valence-electron chi connectivity index (χ4n) is 4.35. The second-order valence-electron chi connectivity index (χ2n) is 8.28. The minimum absolute atomic E-state index is 0.0278. The topological polar surface area (TPSA) is 32.7 Å². The molecule has 1 unspecified atom stereocenters. The SMILES string of the molecule is O=C(CC1c2ccccc2N=C(c2ccc(C(F)(F)F)cc2)N1c1ccccc1)c1ccccc1. The molecule has 0 fully saturated rings. The number of amidine groups is 1. The second kappa shape index (κ2) is 9.22. The largest absolute Gasteiger partial charge is 0.416 e. The summed E-state index contributed by atoms with van der Waals surface area (Å²) in [5.41, 5.74) is 2.80. The van der Waals surface area contributed by atoms with Gasteiger partial charge >= 0.3 is 6.18 Å². The first-order chi connectivity index (χ1) is 16.9. The van der Waals surface area contributed by atoms with Gasteiger partial charge in [0.1, 0.15) is 5.84 Å². The van der Waals surface area contributed by atoms with Gasteiger partial charge in [0.05, 0.1) is 17.3 Å². The zero-order valence-electron chi connectivity index (χ0n) is 18.6. The van der Waals surface area contributed by atoms with Gasteiger partial charge in [0.2, 0.25) is 0 Å². The molecule has 3 nitrogen and oxygen atoms in total. The number of ketones is 1. The first-order valence-electron chi connectivity index (χ1n) is 11.2. The molecule has 35 heavy (non-hydrogen) atoms. The molecule has 0 aliphatic carbocycles. The lowest BCUT2D eigenvalue weighted by atomic mass is 9.92. The third-order valence-corrected chi connectivity index (χ3v) is 6.04. The molecule has 1 aliphatic heterocycles. The van der Waals surface area contributed by atoms with Crippen molar-refractivity contribution in [3.63, 3.8) is 0 Å². The average Bonchev–Trinajstić information content (AvgIpc) is 2.89. The molecule has 1 heterocycles. The van der Waals surface area contributed by atoms with Gasteiger partial charge in [0.25, 0.3) is 0 Å². The summed E-state index contributed by atoms with van der Waals surface area (Å²) in [4.78, 5) is 20.1. The van der Waals surface area contributed by atoms with Crippen LogP contribution in [0.15, 0.2) is 114 Å². The van der Waals surface area contributed by atoms with Gasteiger partial charge in [-0.1, -0.05) is 78.9 Å². The Bertz CT molecular complexity index is 1360. The van der Waals surface area contributed by atoms with Crippen LogP contribution in [0, 0.1) is 0 Å². The lowest BCUT2D eigenvalue weighted by Gasteiger charge is -2.38. The van der Waals surface area contributed by atoms with Crippen molar-refractivity contribution in [2.24, 2.45) is 4.99 Å². The Morgan fingerprint density at radius 2 is 1.37 bits per heavy atom. The second-order valence-corrected chi connectivity index (χ2v) is 8.28. The maximum absolute atomic E-state index is 13.3. The number of Topliss-reactive ketones (excluding diaryl/α,β-unsaturated/α-hetero) is 1. The number of carbonyl (C=O) groups excluding carboxylic acids is 1. The summed E-state index contributed by atoms with van der Waals surface area (Å²) in [6.45, 7) is 0. The summed E-state index contributed by atoms with van der Waals surface area (Å²) in [7, 11) is 0. The van der Waals surface area contributed by atoms with Gasteiger partial charge in [-0.3, -0.25) is 4.79 Å². The van der Waals surface area contributed by atoms with E-state index in [4.69, 9.17) is 4.99 Å². The van der Waals surface area contributed by atoms with Crippen molar-refractivity contribution >= 4 is 23.0 Å². The number of rotatable bonds is 5. The lowest BCUT2D eigenvalue weighted by Crippen LogP contribution is -2.39. The van der Waals surface area contributed by atoms with E-state index in [1.165, 1.54) is 12.1 Å². The van der Waals surface area contributed by atoms with E-state index < -0.39 is 17.8 Å². The van der Waals surface area contributed by atoms with Crippen molar-refractivity contribution in [1.29, 1.82) is 0 Å². The molecule has 5 rings (SSSR count). The van der Waals surface area contributed by atoms with Gasteiger partial charge in [-0.25, -0.2) is 4.99 Å². The fraction of sp³-hybridized carbons (Fsp3) is 0.103. The minimum atomic E-state index is -4.43. The van der Waals surface area contributed by atoms with Gasteiger partial charge in [-0.05, 0) is 30.3 Å². The molecule has 0 radical (unpaired) electrons. The van der Waals surface area contributed by atoms with Crippen molar-refractivity contribution in [2.75, 3.05) is 4.90 Å². The van der Waals surface area contributed by atoms with Crippen LogP contribution in [0.5, 0.6) is 0 Å². The van der Waals surface area contributed by atoms with Gasteiger partial charge in [-0.2, -0.15) is 13.2 Å². The maximum Gasteiger partial charge on any atom is 0.416 e. The van der Waals surface area contributed by atoms with Crippen LogP contribution in [-0.2, 0) is 6.18 Å². The van der Waals surface area contributed by atoms with Crippen LogP contribution in [0.2, 0.25) is 0 Å². The third-order valence-electron chi connectivity index (χ3n) is 6.04. The Hall–Kier alpha value is -4.19. The first kappa shape index (κ1) is 22.6. The Kier molecular flexibility index (Phi) is 5.95. The monoisotopic (exact) mass is 470 g/mol. The van der Waals surface area contributed by atoms with Gasteiger partial charge in [-0.15, -0.1) is 0 Å². The zero-order valence-corrected chi connectivity index (χ0v) is 18.6. The number of hydrogen-bond acceptors (Lipinski definition) is 3. The summed E-state index contributed by atoms with van der Waals surface area (Å²) >= 11 is 0. The van der Waals surface area contributed by atoms with E-state index in [0.717, 1.165) is 23.4 Å². The summed E-state index contributed by atoms with van der Waals surface area (Å²) in [6, 6.07) is 30.7. The molecule has 0 amide bonds. The Morgan fingerprint density at radius 1 is 0.771 bits per heavy atom. The number of anilines is 1. The molecule has 4 aromatic rings. The van der Waals surface area contributed by atoms with Crippen molar-refractivity contribution in [2.45, 2.75) is 18.6 Å². The Labute approximate surface area is 201 Å². The number of hydrogen-bond donors (Lipinski definition) is 0. The van der Waals surface area contributed by atoms with E-state index >= 15 is 0 Å². The van der Waals surface area contributed by atoms with E-state index in [2.05, 4.69) is 0 Å². The van der Waals surface area contributed by atoms with E-state index in [1.807, 2.05) is 77.7 Å². The van der Waals surface area contributed by atoms with E-state index in [9.17, 15) is 18.0 Å². The molecule has 0 bridgehead atoms. The van der Waals surface area contributed by atoms with E-state index in [-0.39, 0.29) is 12.2 Å². The number of benzene rings is 4. The number of carbonyl (C=O) groups is 1. The normalized spacial score (nSPS) is 15.3. The third kappa shape index (κ3) is 4.60. The molecule has 0 saturated heterocycles. The van der Waals surface area contributed by atoms with Crippen molar-refractivity contribution < 1.29 is 18.0 Å². The molecule has 6 heteroatoms. The van der Waals surface area contributed by atoms with Crippen molar-refractivity contribution in [1.82, 2.24) is 0 Å². The molecule has 0 spiro atoms. The number of nitrogens with zero attached hydrogens (tertiary/aromatic N) is 2. The number of alkyl halides is 3. The molecular weight excluding hydrogens is 449 g/mol. The summed E-state index contributed by atoms with van der Waals surface area (Å²) in [5, 5.41) is 0. The Morgan fingerprint density at radius 3 is 2.03 bits per heavy atom. The number of aliphatic imine (C=N–C) groups is 1. The predicted octanol–water partition coefficient (Wildman–Crippen LogP) is 7.62. The first-order valence-corrected chi connectivity index (χ1v) is 11.2. The zero-order chi connectivity index (χ0) is 24.4. The average molecular weight is 470 g/mol. The number of para-hydroxylation sites is 2. The summed E-state index contributed by atoms with van der Waals surface area (Å²) < 4.78 is 39.6. The van der Waals surface area contributed by atoms with Gasteiger partial charge < -0.3 is 4.90 Å². The van der Waals surface area contributed by atoms with Crippen LogP contribution in [0.4, 0.5) is 24.5 Å². The van der Waals surface area contributed by atoms with Crippen LogP contribution >= 0.6 is 0 Å². The standard InChI is InChI=1S/C29H21F3N2O/c30-29(31,32)22-17-15-21(16-18-22)28-33-25-14-8-7-13-24(25)26(34(28)23-11-5-2-6-12-23)19-27(35)20-9-3-1-4-10-20/h1-18,26H,19H2. The highest BCUT2D eigenvalue weighted by molar-refractivity contribution is 6.13. The molecule has 0 aromatic heterocycles. The molecule has 4 aromatic carbocycles. The highest BCUT2D eigenvalue weighted by Gasteiger charge is 2.35. The molecule has 174 valence electrons. The highest BCUT2D eigenvalue weighted by Crippen LogP contribution is 2.41. The highest BCUT2D eigenvalue weighted by atomic mass is 19.4. The Balaban J connectivity index is 1.64. The summed E-state index contributed by atoms with van der Waals surface area (Å²) in [6.07, 6.45) is -4.25. The molecule has 0 saturated carbocycles. The molecule has 0 N–H and O–H groups in total. The van der Waals surface area contributed by atoms with Crippen LogP contribution in [0.25, 0.3) is 0 Å². The van der Waals surface area contributed by atoms with Gasteiger partial charge in [0, 0.05) is 28.8 Å². The fourth-order valence-corrected chi connectivity index (χ4v) is 4.35. The minimum Gasteiger partial charge on any atom is -0.318 e. The van der Waals surface area contributed by atoms with Gasteiger partial charge in [0.15, 0.2) is 5.78 Å². The smallest absolute Gasteiger partial charge is 0.318 e. The van der Waals surface area contributed by atoms with Crippen LogP contribution < -0.4 is 4.90 Å². The maximum atomic E-state index is 13.3. The van der Waals surface area contributed by atoms with Crippen LogP contribution in [0.3, 0.4) is 0 Å². The van der Waals surface area contributed by atoms with Crippen LogP contribution in [0.1, 0.15) is 39.5 Å². The van der Waals surface area contributed by atoms with Crippen LogP contribution in [-0.4, -0.2) is 11.6 Å². The van der Waals surface area contributed by atoms with Crippen molar-refractivity contribution in [3.05, 3.63) is 131 Å². The van der Waals surface area contributed by atoms with E-state index in [1.54, 1.807) is 12.1 Å². The molecular formula is C29H21F3N2O. The lowest BCUT2D eigenvalue weighted by molar-refractivity contribution is -0.137. The molecule has 1 atom stereocenters. The number of halogens is 3.